The molecule has 162 valence electrons. The second-order valence-corrected chi connectivity index (χ2v) is 8.21. The van der Waals surface area contributed by atoms with E-state index in [9.17, 15) is 4.79 Å². The molecule has 1 aliphatic rings. The maximum atomic E-state index is 12.8. The summed E-state index contributed by atoms with van der Waals surface area (Å²) in [6.45, 7) is 3.88. The third-order valence-electron chi connectivity index (χ3n) is 5.35. The average molecular weight is 459 g/mol. The van der Waals surface area contributed by atoms with Gasteiger partial charge in [0.1, 0.15) is 17.4 Å². The van der Waals surface area contributed by atoms with Gasteiger partial charge in [0.25, 0.3) is 5.91 Å². The fourth-order valence-electron chi connectivity index (χ4n) is 3.67. The number of likely N-dealkylation sites (tertiary alicyclic amines) is 1. The minimum absolute atomic E-state index is 0.189. The third-order valence-corrected chi connectivity index (χ3v) is 6.09. The zero-order chi connectivity index (χ0) is 21.6. The molecule has 3 aromatic rings. The van der Waals surface area contributed by atoms with Crippen LogP contribution in [0.4, 0.5) is 5.69 Å². The van der Waals surface area contributed by atoms with E-state index in [0.717, 1.165) is 25.4 Å². The van der Waals surface area contributed by atoms with E-state index in [1.54, 1.807) is 18.2 Å². The zero-order valence-corrected chi connectivity index (χ0v) is 18.5. The van der Waals surface area contributed by atoms with E-state index in [1.807, 2.05) is 30.3 Å². The Morgan fingerprint density at radius 3 is 2.52 bits per heavy atom. The summed E-state index contributed by atoms with van der Waals surface area (Å²) in [6.07, 6.45) is 3.87. The molecule has 0 radical (unpaired) electrons. The number of amides is 1. The number of carbonyl (C=O) groups is 1. The Morgan fingerprint density at radius 2 is 1.81 bits per heavy atom. The number of halogens is 2. The summed E-state index contributed by atoms with van der Waals surface area (Å²) in [7, 11) is 0. The maximum Gasteiger partial charge on any atom is 0.255 e. The quantitative estimate of drug-likeness (QED) is 0.490. The minimum atomic E-state index is -0.228. The number of hydrogen-bond acceptors (Lipinski definition) is 4. The highest BCUT2D eigenvalue weighted by atomic mass is 35.5. The monoisotopic (exact) mass is 458 g/mol. The van der Waals surface area contributed by atoms with Gasteiger partial charge in [-0.15, -0.1) is 0 Å². The van der Waals surface area contributed by atoms with Crippen LogP contribution in [-0.2, 0) is 0 Å². The number of nitrogens with zero attached hydrogens (tertiary/aromatic N) is 2. The number of piperidine rings is 1. The highest BCUT2D eigenvalue weighted by Gasteiger charge is 2.16. The Labute approximate surface area is 191 Å². The summed E-state index contributed by atoms with van der Waals surface area (Å²) in [6, 6.07) is 14.5. The van der Waals surface area contributed by atoms with Gasteiger partial charge in [-0.1, -0.05) is 47.8 Å². The number of H-pyrrole nitrogens is 1. The Morgan fingerprint density at radius 1 is 1.06 bits per heavy atom. The summed E-state index contributed by atoms with van der Waals surface area (Å²) >= 11 is 12.2. The highest BCUT2D eigenvalue weighted by molar-refractivity contribution is 6.43. The van der Waals surface area contributed by atoms with Gasteiger partial charge in [-0.2, -0.15) is 5.10 Å². The van der Waals surface area contributed by atoms with E-state index in [1.165, 1.54) is 19.3 Å². The minimum Gasteiger partial charge on any atom is -0.492 e. The van der Waals surface area contributed by atoms with Crippen molar-refractivity contribution in [2.24, 2.45) is 0 Å². The zero-order valence-electron chi connectivity index (χ0n) is 17.0. The molecule has 4 rings (SSSR count). The first-order valence-corrected chi connectivity index (χ1v) is 11.1. The van der Waals surface area contributed by atoms with Crippen LogP contribution < -0.4 is 10.1 Å². The molecule has 0 aliphatic carbocycles. The number of benzene rings is 2. The fourth-order valence-corrected chi connectivity index (χ4v) is 3.99. The molecule has 0 saturated carbocycles. The van der Waals surface area contributed by atoms with Crippen LogP contribution in [0.1, 0.15) is 29.6 Å². The van der Waals surface area contributed by atoms with Gasteiger partial charge in [0, 0.05) is 17.7 Å². The lowest BCUT2D eigenvalue weighted by molar-refractivity contribution is 0.102. The van der Waals surface area contributed by atoms with Gasteiger partial charge in [0.15, 0.2) is 5.15 Å². The fraction of sp³-hybridized carbons (Fsp3) is 0.304. The van der Waals surface area contributed by atoms with Gasteiger partial charge < -0.3 is 10.1 Å². The molecular weight excluding hydrogens is 435 g/mol. The number of nitrogens with one attached hydrogen (secondary N) is 2. The molecule has 1 aromatic heterocycles. The lowest BCUT2D eigenvalue weighted by Crippen LogP contribution is -2.33. The third kappa shape index (κ3) is 5.39. The first-order chi connectivity index (χ1) is 15.1. The Kier molecular flexibility index (Phi) is 7.12. The van der Waals surface area contributed by atoms with Gasteiger partial charge in [-0.25, -0.2) is 0 Å². The molecule has 1 saturated heterocycles. The van der Waals surface area contributed by atoms with E-state index in [-0.39, 0.29) is 11.1 Å². The van der Waals surface area contributed by atoms with Crippen molar-refractivity contribution in [2.75, 3.05) is 31.6 Å². The second kappa shape index (κ2) is 10.2. The van der Waals surface area contributed by atoms with Gasteiger partial charge in [0.2, 0.25) is 0 Å². The van der Waals surface area contributed by atoms with Gasteiger partial charge in [-0.3, -0.25) is 14.8 Å². The van der Waals surface area contributed by atoms with Crippen molar-refractivity contribution < 1.29 is 9.53 Å². The summed E-state index contributed by atoms with van der Waals surface area (Å²) in [5.74, 6) is 0.530. The number of para-hydroxylation sites is 1. The molecule has 2 N–H and O–H groups in total. The number of carbonyl (C=O) groups excluding carboxylic acids is 1. The number of hydrogen-bond donors (Lipinski definition) is 2. The lowest BCUT2D eigenvalue weighted by Gasteiger charge is -2.26. The Hall–Kier alpha value is -2.54. The number of rotatable bonds is 7. The molecule has 0 spiro atoms. The first kappa shape index (κ1) is 21.7. The van der Waals surface area contributed by atoms with Gasteiger partial charge >= 0.3 is 0 Å². The standard InChI is InChI=1S/C23H24Cl2N4O2/c24-20-21(27-28-22(20)25)18-6-2-3-7-19(18)26-23(30)16-8-10-17(11-9-16)31-15-14-29-12-4-1-5-13-29/h2-3,6-11H,1,4-5,12-15H2,(H,26,30)(H,27,28). The maximum absolute atomic E-state index is 12.8. The van der Waals surface area contributed by atoms with Crippen molar-refractivity contribution >= 4 is 34.8 Å². The number of ether oxygens (including phenoxy) is 1. The first-order valence-electron chi connectivity index (χ1n) is 10.4. The van der Waals surface area contributed by atoms with Crippen molar-refractivity contribution in [3.8, 4) is 17.0 Å². The largest absolute Gasteiger partial charge is 0.492 e. The topological polar surface area (TPSA) is 70.2 Å². The van der Waals surface area contributed by atoms with Crippen LogP contribution in [-0.4, -0.2) is 47.2 Å². The van der Waals surface area contributed by atoms with Crippen LogP contribution in [0.3, 0.4) is 0 Å². The Balaban J connectivity index is 1.37. The smallest absolute Gasteiger partial charge is 0.255 e. The number of aromatic nitrogens is 2. The number of anilines is 1. The summed E-state index contributed by atoms with van der Waals surface area (Å²) in [5.41, 5.74) is 2.40. The van der Waals surface area contributed by atoms with Crippen LogP contribution >= 0.6 is 23.2 Å². The van der Waals surface area contributed by atoms with Crippen molar-refractivity contribution in [2.45, 2.75) is 19.3 Å². The van der Waals surface area contributed by atoms with Crippen LogP contribution in [0, 0.1) is 0 Å². The van der Waals surface area contributed by atoms with Gasteiger partial charge in [-0.05, 0) is 56.3 Å². The number of aromatic amines is 1. The van der Waals surface area contributed by atoms with Crippen LogP contribution in [0.5, 0.6) is 5.75 Å². The highest BCUT2D eigenvalue weighted by Crippen LogP contribution is 2.35. The van der Waals surface area contributed by atoms with Crippen molar-refractivity contribution in [3.05, 3.63) is 64.3 Å². The molecule has 8 heteroatoms. The summed E-state index contributed by atoms with van der Waals surface area (Å²) in [5, 5.41) is 10.2. The predicted molar refractivity (Wildman–Crippen MR) is 124 cm³/mol. The van der Waals surface area contributed by atoms with Crippen LogP contribution in [0.25, 0.3) is 11.3 Å². The van der Waals surface area contributed by atoms with E-state index in [0.29, 0.717) is 34.1 Å². The molecule has 6 nitrogen and oxygen atoms in total. The molecule has 2 heterocycles. The second-order valence-electron chi connectivity index (χ2n) is 7.48. The van der Waals surface area contributed by atoms with Crippen molar-refractivity contribution in [3.63, 3.8) is 0 Å². The summed E-state index contributed by atoms with van der Waals surface area (Å²) in [4.78, 5) is 15.2. The molecule has 1 amide bonds. The predicted octanol–water partition coefficient (Wildman–Crippen LogP) is 5.50. The SMILES string of the molecule is O=C(Nc1ccccc1-c1[nH]nc(Cl)c1Cl)c1ccc(OCCN2CCCCC2)cc1. The van der Waals surface area contributed by atoms with Crippen molar-refractivity contribution in [1.82, 2.24) is 15.1 Å². The Bertz CT molecular complexity index is 1030. The van der Waals surface area contributed by atoms with E-state index in [2.05, 4.69) is 20.4 Å². The van der Waals surface area contributed by atoms with Crippen LogP contribution in [0.15, 0.2) is 48.5 Å². The molecule has 2 aromatic carbocycles. The molecular formula is C23H24Cl2N4O2. The molecule has 1 aliphatic heterocycles. The molecule has 0 bridgehead atoms. The lowest BCUT2D eigenvalue weighted by atomic mass is 10.1. The normalized spacial score (nSPS) is 14.4. The molecule has 0 atom stereocenters. The molecule has 0 unspecified atom stereocenters. The van der Waals surface area contributed by atoms with Gasteiger partial charge in [0.05, 0.1) is 11.4 Å². The molecule has 31 heavy (non-hydrogen) atoms. The molecule has 1 fully saturated rings. The average Bonchev–Trinajstić information content (AvgIpc) is 3.13. The van der Waals surface area contributed by atoms with Crippen molar-refractivity contribution in [1.29, 1.82) is 0 Å². The van der Waals surface area contributed by atoms with Crippen LogP contribution in [0.2, 0.25) is 10.2 Å². The van der Waals surface area contributed by atoms with E-state index >= 15 is 0 Å². The van der Waals surface area contributed by atoms with E-state index in [4.69, 9.17) is 27.9 Å². The summed E-state index contributed by atoms with van der Waals surface area (Å²) < 4.78 is 5.84. The van der Waals surface area contributed by atoms with E-state index < -0.39 is 0 Å².